The number of carbonyl (C=O) groups excluding carboxylic acids is 1. The summed E-state index contributed by atoms with van der Waals surface area (Å²) in [6.07, 6.45) is 2.35. The van der Waals surface area contributed by atoms with E-state index < -0.39 is 11.9 Å². The molecule has 0 spiro atoms. The number of nitrogens with zero attached hydrogens (tertiary/aromatic N) is 1. The van der Waals surface area contributed by atoms with Crippen molar-refractivity contribution >= 4 is 27.8 Å². The van der Waals surface area contributed by atoms with Crippen LogP contribution in [-0.4, -0.2) is 35.0 Å². The molecule has 5 heteroatoms. The molecule has 4 nitrogen and oxygen atoms in total. The lowest BCUT2D eigenvalue weighted by atomic mass is 9.97. The van der Waals surface area contributed by atoms with Crippen molar-refractivity contribution in [2.75, 3.05) is 13.1 Å². The molecule has 2 fully saturated rings. The lowest BCUT2D eigenvalue weighted by Crippen LogP contribution is -2.43. The molecular formula is C16H18BrNO3. The molecule has 1 aromatic rings. The molecule has 1 heterocycles. The van der Waals surface area contributed by atoms with E-state index in [1.807, 2.05) is 12.1 Å². The van der Waals surface area contributed by atoms with Gasteiger partial charge in [0.1, 0.15) is 0 Å². The molecule has 3 atom stereocenters. The van der Waals surface area contributed by atoms with Crippen molar-refractivity contribution in [1.82, 2.24) is 4.90 Å². The summed E-state index contributed by atoms with van der Waals surface area (Å²) in [6, 6.07) is 8.08. The molecule has 0 radical (unpaired) electrons. The Hall–Kier alpha value is -1.36. The molecule has 1 aliphatic heterocycles. The number of amides is 1. The summed E-state index contributed by atoms with van der Waals surface area (Å²) in [7, 11) is 0. The van der Waals surface area contributed by atoms with Gasteiger partial charge in [-0.1, -0.05) is 28.1 Å². The van der Waals surface area contributed by atoms with E-state index >= 15 is 0 Å². The number of aliphatic carboxylic acids is 1. The third kappa shape index (κ3) is 3.12. The highest BCUT2D eigenvalue weighted by Crippen LogP contribution is 2.49. The van der Waals surface area contributed by atoms with E-state index in [1.54, 1.807) is 4.90 Å². The summed E-state index contributed by atoms with van der Waals surface area (Å²) < 4.78 is 1.03. The van der Waals surface area contributed by atoms with Crippen LogP contribution in [0.2, 0.25) is 0 Å². The van der Waals surface area contributed by atoms with Crippen LogP contribution in [0.1, 0.15) is 30.7 Å². The van der Waals surface area contributed by atoms with Crippen LogP contribution in [0.25, 0.3) is 0 Å². The number of rotatable bonds is 3. The summed E-state index contributed by atoms with van der Waals surface area (Å²) in [4.78, 5) is 25.4. The first-order valence-corrected chi connectivity index (χ1v) is 8.12. The maximum absolute atomic E-state index is 12.5. The number of hydrogen-bond donors (Lipinski definition) is 1. The molecule has 1 aliphatic carbocycles. The Kier molecular flexibility index (Phi) is 4.02. The van der Waals surface area contributed by atoms with Crippen LogP contribution in [0.15, 0.2) is 28.7 Å². The van der Waals surface area contributed by atoms with Crippen LogP contribution in [0.5, 0.6) is 0 Å². The van der Waals surface area contributed by atoms with Gasteiger partial charge in [0, 0.05) is 23.5 Å². The Morgan fingerprint density at radius 2 is 2.14 bits per heavy atom. The highest BCUT2D eigenvalue weighted by molar-refractivity contribution is 9.10. The van der Waals surface area contributed by atoms with Gasteiger partial charge in [-0.3, -0.25) is 9.59 Å². The monoisotopic (exact) mass is 351 g/mol. The molecule has 3 rings (SSSR count). The molecule has 0 bridgehead atoms. The summed E-state index contributed by atoms with van der Waals surface area (Å²) in [5.74, 6) is -0.726. The highest BCUT2D eigenvalue weighted by Gasteiger charge is 2.46. The van der Waals surface area contributed by atoms with Crippen molar-refractivity contribution in [3.05, 3.63) is 34.3 Å². The van der Waals surface area contributed by atoms with E-state index in [-0.39, 0.29) is 11.8 Å². The van der Waals surface area contributed by atoms with Gasteiger partial charge in [-0.2, -0.15) is 0 Å². The maximum atomic E-state index is 12.5. The lowest BCUT2D eigenvalue weighted by molar-refractivity contribution is -0.146. The smallest absolute Gasteiger partial charge is 0.308 e. The Bertz CT molecular complexity index is 574. The minimum Gasteiger partial charge on any atom is -0.481 e. The minimum absolute atomic E-state index is 0.0341. The SMILES string of the molecule is O=C(O)[C@H]1CCCN(C(=O)C2CC2c2cccc(Br)c2)C1. The maximum Gasteiger partial charge on any atom is 0.308 e. The van der Waals surface area contributed by atoms with Crippen LogP contribution < -0.4 is 0 Å². The number of benzene rings is 1. The molecule has 1 saturated heterocycles. The molecule has 2 unspecified atom stereocenters. The summed E-state index contributed by atoms with van der Waals surface area (Å²) in [5, 5.41) is 9.11. The van der Waals surface area contributed by atoms with Gasteiger partial charge in [-0.15, -0.1) is 0 Å². The van der Waals surface area contributed by atoms with E-state index in [9.17, 15) is 9.59 Å². The average Bonchev–Trinajstić information content (AvgIpc) is 3.27. The van der Waals surface area contributed by atoms with Crippen LogP contribution >= 0.6 is 15.9 Å². The van der Waals surface area contributed by atoms with Gasteiger partial charge >= 0.3 is 5.97 Å². The fraction of sp³-hybridized carbons (Fsp3) is 0.500. The lowest BCUT2D eigenvalue weighted by Gasteiger charge is -2.31. The number of likely N-dealkylation sites (tertiary alicyclic amines) is 1. The zero-order valence-electron chi connectivity index (χ0n) is 11.7. The largest absolute Gasteiger partial charge is 0.481 e. The van der Waals surface area contributed by atoms with Gasteiger partial charge in [0.05, 0.1) is 5.92 Å². The van der Waals surface area contributed by atoms with Crippen LogP contribution in [0.3, 0.4) is 0 Å². The van der Waals surface area contributed by atoms with Gasteiger partial charge in [0.2, 0.25) is 5.91 Å². The molecule has 112 valence electrons. The third-order valence-electron chi connectivity index (χ3n) is 4.47. The van der Waals surface area contributed by atoms with Crippen LogP contribution in [-0.2, 0) is 9.59 Å². The first-order valence-electron chi connectivity index (χ1n) is 7.33. The van der Waals surface area contributed by atoms with Crippen molar-refractivity contribution in [3.8, 4) is 0 Å². The van der Waals surface area contributed by atoms with E-state index in [0.717, 1.165) is 17.3 Å². The number of carbonyl (C=O) groups is 2. The zero-order chi connectivity index (χ0) is 15.0. The molecule has 2 aliphatic rings. The normalized spacial score (nSPS) is 28.2. The van der Waals surface area contributed by atoms with Gasteiger partial charge in [0.25, 0.3) is 0 Å². The van der Waals surface area contributed by atoms with E-state index in [1.165, 1.54) is 5.56 Å². The van der Waals surface area contributed by atoms with E-state index in [2.05, 4.69) is 28.1 Å². The summed E-state index contributed by atoms with van der Waals surface area (Å²) >= 11 is 3.45. The van der Waals surface area contributed by atoms with Gasteiger partial charge in [-0.25, -0.2) is 0 Å². The highest BCUT2D eigenvalue weighted by atomic mass is 79.9. The molecule has 1 N–H and O–H groups in total. The quantitative estimate of drug-likeness (QED) is 0.910. The number of hydrogen-bond acceptors (Lipinski definition) is 2. The number of halogens is 1. The van der Waals surface area contributed by atoms with Crippen molar-refractivity contribution in [3.63, 3.8) is 0 Å². The third-order valence-corrected chi connectivity index (χ3v) is 4.96. The van der Waals surface area contributed by atoms with Crippen molar-refractivity contribution in [1.29, 1.82) is 0 Å². The second kappa shape index (κ2) is 5.79. The second-order valence-electron chi connectivity index (χ2n) is 5.97. The molecule has 1 aromatic carbocycles. The standard InChI is InChI=1S/C16H18BrNO3/c17-12-5-1-3-10(7-12)13-8-14(13)15(19)18-6-2-4-11(9-18)16(20)21/h1,3,5,7,11,13-14H,2,4,6,8-9H2,(H,20,21)/t11-,13?,14?/m0/s1. The Morgan fingerprint density at radius 1 is 1.33 bits per heavy atom. The molecule has 1 amide bonds. The second-order valence-corrected chi connectivity index (χ2v) is 6.88. The molecule has 21 heavy (non-hydrogen) atoms. The number of carboxylic acid groups (broad SMARTS) is 1. The fourth-order valence-electron chi connectivity index (χ4n) is 3.19. The molecular weight excluding hydrogens is 334 g/mol. The van der Waals surface area contributed by atoms with Crippen molar-refractivity contribution in [2.24, 2.45) is 11.8 Å². The Labute approximate surface area is 132 Å². The van der Waals surface area contributed by atoms with Crippen molar-refractivity contribution in [2.45, 2.75) is 25.2 Å². The van der Waals surface area contributed by atoms with Gasteiger partial charge in [0.15, 0.2) is 0 Å². The van der Waals surface area contributed by atoms with Gasteiger partial charge < -0.3 is 10.0 Å². The molecule has 1 saturated carbocycles. The number of carboxylic acids is 1. The zero-order valence-corrected chi connectivity index (χ0v) is 13.3. The fourth-order valence-corrected chi connectivity index (χ4v) is 3.60. The van der Waals surface area contributed by atoms with E-state index in [4.69, 9.17) is 5.11 Å². The average molecular weight is 352 g/mol. The summed E-state index contributed by atoms with van der Waals surface area (Å²) in [6.45, 7) is 1.07. The summed E-state index contributed by atoms with van der Waals surface area (Å²) in [5.41, 5.74) is 1.19. The van der Waals surface area contributed by atoms with Gasteiger partial charge in [-0.05, 0) is 42.9 Å². The van der Waals surface area contributed by atoms with E-state index in [0.29, 0.717) is 25.4 Å². The first kappa shape index (κ1) is 14.6. The molecule has 0 aromatic heterocycles. The Balaban J connectivity index is 1.63. The van der Waals surface area contributed by atoms with Crippen LogP contribution in [0, 0.1) is 11.8 Å². The first-order chi connectivity index (χ1) is 10.1. The topological polar surface area (TPSA) is 57.6 Å². The number of piperidine rings is 1. The Morgan fingerprint density at radius 3 is 2.86 bits per heavy atom. The minimum atomic E-state index is -0.785. The predicted octanol–water partition coefficient (Wildman–Crippen LogP) is 2.88. The van der Waals surface area contributed by atoms with Crippen molar-refractivity contribution < 1.29 is 14.7 Å². The van der Waals surface area contributed by atoms with Crippen LogP contribution in [0.4, 0.5) is 0 Å². The predicted molar refractivity (Wildman–Crippen MR) is 81.9 cm³/mol.